The van der Waals surface area contributed by atoms with Crippen LogP contribution in [-0.2, 0) is 25.7 Å². The molecule has 2 saturated heterocycles. The molecule has 2 bridgehead atoms. The molecule has 3 fully saturated rings. The van der Waals surface area contributed by atoms with Crippen molar-refractivity contribution in [1.29, 1.82) is 0 Å². The molecule has 164 valence electrons. The Morgan fingerprint density at radius 1 is 1.06 bits per heavy atom. The molecule has 1 aromatic carbocycles. The van der Waals surface area contributed by atoms with E-state index in [-0.39, 0.29) is 47.9 Å². The maximum Gasteiger partial charge on any atom is 0.254 e. The number of benzene rings is 1. The van der Waals surface area contributed by atoms with Crippen molar-refractivity contribution in [3.63, 3.8) is 0 Å². The average Bonchev–Trinajstić information content (AvgIpc) is 3.57. The number of rotatable bonds is 4. The number of para-hydroxylation sites is 1. The first-order chi connectivity index (χ1) is 15.6. The van der Waals surface area contributed by atoms with Gasteiger partial charge < -0.3 is 14.2 Å². The number of hydrogen-bond donors (Lipinski definition) is 0. The van der Waals surface area contributed by atoms with Crippen LogP contribution < -0.4 is 0 Å². The highest BCUT2D eigenvalue weighted by molar-refractivity contribution is 6.07. The van der Waals surface area contributed by atoms with Crippen molar-refractivity contribution in [3.05, 3.63) is 48.2 Å². The van der Waals surface area contributed by atoms with Gasteiger partial charge in [0.1, 0.15) is 6.54 Å². The fraction of sp³-hybridized carbons (Fsp3) is 0.417. The number of allylic oxidation sites excluding steroid dienone is 2. The normalized spacial score (nSPS) is 29.1. The first kappa shape index (κ1) is 19.4. The van der Waals surface area contributed by atoms with Gasteiger partial charge in [0.15, 0.2) is 0 Å². The fourth-order valence-electron chi connectivity index (χ4n) is 5.69. The highest BCUT2D eigenvalue weighted by Gasteiger charge is 2.59. The largest absolute Gasteiger partial charge is 0.378 e. The molecule has 0 radical (unpaired) electrons. The number of hydrazone groups is 1. The van der Waals surface area contributed by atoms with E-state index in [4.69, 9.17) is 4.74 Å². The molecule has 3 heterocycles. The molecular weight excluding hydrogens is 408 g/mol. The second kappa shape index (κ2) is 7.41. The molecule has 2 aromatic rings. The molecule has 2 aliphatic carbocycles. The maximum absolute atomic E-state index is 12.9. The second-order valence-electron chi connectivity index (χ2n) is 8.96. The lowest BCUT2D eigenvalue weighted by molar-refractivity contribution is -0.140. The van der Waals surface area contributed by atoms with Crippen molar-refractivity contribution in [3.8, 4) is 0 Å². The predicted octanol–water partition coefficient (Wildman–Crippen LogP) is 1.64. The average molecular weight is 432 g/mol. The van der Waals surface area contributed by atoms with Crippen molar-refractivity contribution in [2.24, 2.45) is 28.8 Å². The summed E-state index contributed by atoms with van der Waals surface area (Å²) >= 11 is 0. The summed E-state index contributed by atoms with van der Waals surface area (Å²) in [5, 5.41) is 6.31. The first-order valence-electron chi connectivity index (χ1n) is 11.2. The van der Waals surface area contributed by atoms with Crippen molar-refractivity contribution in [1.82, 2.24) is 14.5 Å². The van der Waals surface area contributed by atoms with Gasteiger partial charge in [-0.1, -0.05) is 30.4 Å². The third kappa shape index (κ3) is 2.93. The van der Waals surface area contributed by atoms with Crippen LogP contribution >= 0.6 is 0 Å². The van der Waals surface area contributed by atoms with Gasteiger partial charge in [0, 0.05) is 35.8 Å². The smallest absolute Gasteiger partial charge is 0.254 e. The zero-order valence-electron chi connectivity index (χ0n) is 17.6. The van der Waals surface area contributed by atoms with E-state index in [0.717, 1.165) is 27.9 Å². The Morgan fingerprint density at radius 3 is 2.47 bits per heavy atom. The van der Waals surface area contributed by atoms with E-state index in [1.54, 1.807) is 6.21 Å². The monoisotopic (exact) mass is 432 g/mol. The number of hydrogen-bond acceptors (Lipinski definition) is 5. The topological polar surface area (TPSA) is 84.2 Å². The van der Waals surface area contributed by atoms with Gasteiger partial charge in [-0.2, -0.15) is 10.1 Å². The number of carbonyl (C=O) groups is 3. The van der Waals surface area contributed by atoms with Crippen molar-refractivity contribution >= 4 is 34.8 Å². The molecule has 1 aromatic heterocycles. The quantitative estimate of drug-likeness (QED) is 0.418. The lowest BCUT2D eigenvalue weighted by atomic mass is 9.85. The van der Waals surface area contributed by atoms with Crippen LogP contribution in [-0.4, -0.2) is 64.7 Å². The van der Waals surface area contributed by atoms with Gasteiger partial charge in [-0.05, 0) is 24.3 Å². The second-order valence-corrected chi connectivity index (χ2v) is 8.96. The van der Waals surface area contributed by atoms with Crippen molar-refractivity contribution in [2.45, 2.75) is 13.0 Å². The Labute approximate surface area is 185 Å². The van der Waals surface area contributed by atoms with Crippen LogP contribution in [0.15, 0.2) is 47.7 Å². The summed E-state index contributed by atoms with van der Waals surface area (Å²) in [7, 11) is 0. The van der Waals surface area contributed by atoms with Gasteiger partial charge in [0.05, 0.1) is 31.3 Å². The van der Waals surface area contributed by atoms with E-state index in [2.05, 4.69) is 17.3 Å². The van der Waals surface area contributed by atoms with Gasteiger partial charge in [-0.25, -0.2) is 0 Å². The zero-order valence-corrected chi connectivity index (χ0v) is 17.6. The fourth-order valence-corrected chi connectivity index (χ4v) is 5.69. The molecule has 0 spiro atoms. The maximum atomic E-state index is 12.9. The number of morpholine rings is 1. The third-order valence-electron chi connectivity index (χ3n) is 7.25. The Balaban J connectivity index is 1.26. The Bertz CT molecular complexity index is 1150. The lowest BCUT2D eigenvalue weighted by Crippen LogP contribution is -2.42. The SMILES string of the molecule is O=C(Cn1cc(C=NN2C(=O)C3C4C=CC(C4)C3C2=O)c2ccccc21)N1CCOCC1. The Morgan fingerprint density at radius 2 is 1.75 bits per heavy atom. The number of aromatic nitrogens is 1. The molecule has 8 nitrogen and oxygen atoms in total. The zero-order chi connectivity index (χ0) is 21.8. The van der Waals surface area contributed by atoms with Gasteiger partial charge >= 0.3 is 0 Å². The summed E-state index contributed by atoms with van der Waals surface area (Å²) in [5.74, 6) is -0.550. The van der Waals surface area contributed by atoms with Crippen LogP contribution in [0.4, 0.5) is 0 Å². The summed E-state index contributed by atoms with van der Waals surface area (Å²) < 4.78 is 7.24. The number of carbonyl (C=O) groups excluding carboxylic acids is 3. The number of fused-ring (bicyclic) bond motifs is 6. The molecule has 32 heavy (non-hydrogen) atoms. The summed E-state index contributed by atoms with van der Waals surface area (Å²) in [6.45, 7) is 2.55. The van der Waals surface area contributed by atoms with E-state index in [0.29, 0.717) is 26.3 Å². The van der Waals surface area contributed by atoms with E-state index in [1.807, 2.05) is 39.9 Å². The lowest BCUT2D eigenvalue weighted by Gasteiger charge is -2.27. The van der Waals surface area contributed by atoms with Crippen LogP contribution in [0.2, 0.25) is 0 Å². The summed E-state index contributed by atoms with van der Waals surface area (Å²) in [5.41, 5.74) is 1.68. The van der Waals surface area contributed by atoms with Gasteiger partial charge in [0.25, 0.3) is 11.8 Å². The summed E-state index contributed by atoms with van der Waals surface area (Å²) in [6.07, 6.45) is 8.48. The highest BCUT2D eigenvalue weighted by Crippen LogP contribution is 2.52. The van der Waals surface area contributed by atoms with Crippen molar-refractivity contribution < 1.29 is 19.1 Å². The molecule has 4 aliphatic rings. The first-order valence-corrected chi connectivity index (χ1v) is 11.2. The molecule has 6 rings (SSSR count). The molecule has 8 heteroatoms. The molecule has 0 N–H and O–H groups in total. The standard InChI is InChI=1S/C24H24N4O4/c29-20(26-7-9-32-10-8-26)14-27-13-17(18-3-1-2-4-19(18)27)12-25-28-23(30)21-15-5-6-16(11-15)22(21)24(28)31/h1-6,12-13,15-16,21-22H,7-11,14H2. The minimum atomic E-state index is -0.262. The predicted molar refractivity (Wildman–Crippen MR) is 117 cm³/mol. The molecule has 4 unspecified atom stereocenters. The number of nitrogens with zero attached hydrogens (tertiary/aromatic N) is 4. The van der Waals surface area contributed by atoms with Crippen LogP contribution in [0.1, 0.15) is 12.0 Å². The summed E-state index contributed by atoms with van der Waals surface area (Å²) in [6, 6.07) is 7.77. The van der Waals surface area contributed by atoms with Crippen molar-refractivity contribution in [2.75, 3.05) is 26.3 Å². The molecule has 1 saturated carbocycles. The van der Waals surface area contributed by atoms with E-state index < -0.39 is 0 Å². The molecule has 2 aliphatic heterocycles. The highest BCUT2D eigenvalue weighted by atomic mass is 16.5. The Hall–Kier alpha value is -3.26. The Kier molecular flexibility index (Phi) is 4.50. The van der Waals surface area contributed by atoms with E-state index in [1.165, 1.54) is 0 Å². The number of amides is 3. The number of imide groups is 1. The minimum Gasteiger partial charge on any atom is -0.378 e. The minimum absolute atomic E-state index is 0.0400. The van der Waals surface area contributed by atoms with Gasteiger partial charge in [-0.3, -0.25) is 14.4 Å². The molecule has 4 atom stereocenters. The van der Waals surface area contributed by atoms with Crippen LogP contribution in [0.3, 0.4) is 0 Å². The molecule has 3 amide bonds. The molecular formula is C24H24N4O4. The number of ether oxygens (including phenoxy) is 1. The van der Waals surface area contributed by atoms with Crippen LogP contribution in [0.5, 0.6) is 0 Å². The summed E-state index contributed by atoms with van der Waals surface area (Å²) in [4.78, 5) is 40.4. The van der Waals surface area contributed by atoms with E-state index in [9.17, 15) is 14.4 Å². The van der Waals surface area contributed by atoms with Crippen LogP contribution in [0.25, 0.3) is 10.9 Å². The van der Waals surface area contributed by atoms with E-state index >= 15 is 0 Å². The van der Waals surface area contributed by atoms with Gasteiger partial charge in [0.2, 0.25) is 5.91 Å². The third-order valence-corrected chi connectivity index (χ3v) is 7.25. The van der Waals surface area contributed by atoms with Gasteiger partial charge in [-0.15, -0.1) is 0 Å². The van der Waals surface area contributed by atoms with Crippen LogP contribution in [0, 0.1) is 23.7 Å².